The lowest BCUT2D eigenvalue weighted by molar-refractivity contribution is -0.120. The van der Waals surface area contributed by atoms with Gasteiger partial charge in [0.05, 0.1) is 22.9 Å². The van der Waals surface area contributed by atoms with Crippen LogP contribution < -0.4 is 15.5 Å². The number of anilines is 3. The Morgan fingerprint density at radius 1 is 0.923 bits per heavy atom. The average Bonchev–Trinajstić information content (AvgIpc) is 3.13. The Morgan fingerprint density at radius 3 is 2.33 bits per heavy atom. The van der Waals surface area contributed by atoms with Crippen LogP contribution in [-0.2, 0) is 14.3 Å². The number of carbonyl (C=O) groups is 4. The number of hydrogen-bond acceptors (Lipinski definition) is 6. The molecule has 3 amide bonds. The van der Waals surface area contributed by atoms with Crippen molar-refractivity contribution in [2.45, 2.75) is 19.8 Å². The maximum Gasteiger partial charge on any atom is 0.338 e. The zero-order chi connectivity index (χ0) is 28.1. The topological polar surface area (TPSA) is 105 Å². The van der Waals surface area contributed by atoms with Crippen LogP contribution in [0.25, 0.3) is 0 Å². The molecule has 3 aromatic rings. The lowest BCUT2D eigenvalue weighted by atomic mass is 10.1. The van der Waals surface area contributed by atoms with E-state index in [2.05, 4.69) is 10.6 Å². The Hall–Kier alpha value is -4.21. The Morgan fingerprint density at radius 2 is 1.62 bits per heavy atom. The Labute approximate surface area is 233 Å². The molecule has 2 N–H and O–H groups in total. The van der Waals surface area contributed by atoms with E-state index in [4.69, 9.17) is 27.9 Å². The van der Waals surface area contributed by atoms with E-state index in [9.17, 15) is 23.6 Å². The third-order valence-electron chi connectivity index (χ3n) is 5.67. The van der Waals surface area contributed by atoms with Crippen molar-refractivity contribution in [1.82, 2.24) is 0 Å². The van der Waals surface area contributed by atoms with Gasteiger partial charge in [-0.1, -0.05) is 48.7 Å². The van der Waals surface area contributed by atoms with Crippen LogP contribution in [-0.4, -0.2) is 30.3 Å². The molecule has 0 aliphatic carbocycles. The summed E-state index contributed by atoms with van der Waals surface area (Å²) in [5.41, 5.74) is 1.07. The van der Waals surface area contributed by atoms with Crippen LogP contribution in [0, 0.1) is 5.82 Å². The fourth-order valence-electron chi connectivity index (χ4n) is 3.67. The monoisotopic (exact) mass is 569 g/mol. The molecule has 1 heterocycles. The van der Waals surface area contributed by atoms with Crippen LogP contribution in [0.1, 0.15) is 40.5 Å². The smallest absolute Gasteiger partial charge is 0.338 e. The van der Waals surface area contributed by atoms with Gasteiger partial charge in [-0.25, -0.2) is 14.1 Å². The van der Waals surface area contributed by atoms with Crippen LogP contribution >= 0.6 is 23.2 Å². The molecule has 0 atom stereocenters. The first-order chi connectivity index (χ1) is 18.7. The summed E-state index contributed by atoms with van der Waals surface area (Å²) in [7, 11) is 0. The molecular formula is C28H22Cl2FN3O5. The molecule has 0 aromatic heterocycles. The van der Waals surface area contributed by atoms with Gasteiger partial charge in [-0.15, -0.1) is 0 Å². The summed E-state index contributed by atoms with van der Waals surface area (Å²) in [4.78, 5) is 51.6. The van der Waals surface area contributed by atoms with Crippen molar-refractivity contribution < 1.29 is 28.3 Å². The molecule has 1 aliphatic heterocycles. The van der Waals surface area contributed by atoms with Crippen LogP contribution in [0.15, 0.2) is 77.5 Å². The van der Waals surface area contributed by atoms with E-state index in [-0.39, 0.29) is 27.0 Å². The van der Waals surface area contributed by atoms with Gasteiger partial charge in [0.1, 0.15) is 16.5 Å². The van der Waals surface area contributed by atoms with Crippen LogP contribution in [0.5, 0.6) is 0 Å². The number of benzene rings is 3. The highest BCUT2D eigenvalue weighted by Crippen LogP contribution is 2.32. The summed E-state index contributed by atoms with van der Waals surface area (Å²) >= 11 is 12.0. The lowest BCUT2D eigenvalue weighted by Gasteiger charge is -2.15. The van der Waals surface area contributed by atoms with Crippen LogP contribution in [0.2, 0.25) is 5.02 Å². The molecule has 0 saturated heterocycles. The molecule has 11 heteroatoms. The lowest BCUT2D eigenvalue weighted by Crippen LogP contribution is -2.32. The number of imide groups is 1. The van der Waals surface area contributed by atoms with E-state index in [1.54, 1.807) is 36.4 Å². The van der Waals surface area contributed by atoms with Crippen molar-refractivity contribution in [3.05, 3.63) is 99.4 Å². The predicted molar refractivity (Wildman–Crippen MR) is 146 cm³/mol. The molecule has 0 radical (unpaired) electrons. The largest absolute Gasteiger partial charge is 0.462 e. The molecular weight excluding hydrogens is 548 g/mol. The third-order valence-corrected chi connectivity index (χ3v) is 6.31. The highest BCUT2D eigenvalue weighted by Gasteiger charge is 2.39. The number of halogens is 3. The fraction of sp³-hybridized carbons (Fsp3) is 0.143. The van der Waals surface area contributed by atoms with Crippen molar-refractivity contribution in [3.63, 3.8) is 0 Å². The second-order valence-corrected chi connectivity index (χ2v) is 9.25. The summed E-state index contributed by atoms with van der Waals surface area (Å²) < 4.78 is 18.8. The third kappa shape index (κ3) is 6.27. The Kier molecular flexibility index (Phi) is 8.63. The molecule has 39 heavy (non-hydrogen) atoms. The van der Waals surface area contributed by atoms with Gasteiger partial charge in [0.2, 0.25) is 0 Å². The molecule has 0 spiro atoms. The van der Waals surface area contributed by atoms with Gasteiger partial charge >= 0.3 is 5.97 Å². The second-order valence-electron chi connectivity index (χ2n) is 8.46. The Balaban J connectivity index is 1.47. The standard InChI is InChI=1S/C28H22Cl2FN3O5/c1-2-3-12-39-28(38)17-7-5-9-19(14-17)33-25(35)16-6-4-8-18(13-16)32-24-23(30)26(36)34(27(24)37)20-10-11-22(31)21(29)15-20/h4-11,13-15,32H,2-3,12H2,1H3,(H,33,35). The molecule has 0 fully saturated rings. The normalized spacial score (nSPS) is 13.1. The minimum absolute atomic E-state index is 0.0518. The number of ether oxygens (including phenoxy) is 1. The second kappa shape index (κ2) is 12.1. The first-order valence-corrected chi connectivity index (χ1v) is 12.6. The number of nitrogens with zero attached hydrogens (tertiary/aromatic N) is 1. The maximum atomic E-state index is 13.6. The van der Waals surface area contributed by atoms with Gasteiger partial charge in [0.25, 0.3) is 17.7 Å². The number of amides is 3. The van der Waals surface area contributed by atoms with Crippen LogP contribution in [0.3, 0.4) is 0 Å². The summed E-state index contributed by atoms with van der Waals surface area (Å²) in [5.74, 6) is -3.25. The maximum absolute atomic E-state index is 13.6. The number of nitrogens with one attached hydrogen (secondary N) is 2. The van der Waals surface area contributed by atoms with E-state index in [0.29, 0.717) is 23.5 Å². The van der Waals surface area contributed by atoms with E-state index in [1.807, 2.05) is 6.92 Å². The Bertz CT molecular complexity index is 1510. The van der Waals surface area contributed by atoms with Crippen molar-refractivity contribution in [1.29, 1.82) is 0 Å². The predicted octanol–water partition coefficient (Wildman–Crippen LogP) is 6.12. The number of unbranched alkanes of at least 4 members (excludes halogenated alkanes) is 1. The summed E-state index contributed by atoms with van der Waals surface area (Å²) in [5, 5.41) is 4.87. The van der Waals surface area contributed by atoms with Gasteiger partial charge in [0.15, 0.2) is 0 Å². The molecule has 3 aromatic carbocycles. The van der Waals surface area contributed by atoms with Crippen LogP contribution in [0.4, 0.5) is 21.5 Å². The van der Waals surface area contributed by atoms with Crippen molar-refractivity contribution in [2.24, 2.45) is 0 Å². The average molecular weight is 570 g/mol. The molecule has 8 nitrogen and oxygen atoms in total. The van der Waals surface area contributed by atoms with Gasteiger partial charge in [-0.05, 0) is 61.0 Å². The van der Waals surface area contributed by atoms with Gasteiger partial charge in [-0.2, -0.15) is 0 Å². The molecule has 0 unspecified atom stereocenters. The molecule has 0 bridgehead atoms. The summed E-state index contributed by atoms with van der Waals surface area (Å²) in [6.45, 7) is 2.31. The van der Waals surface area contributed by atoms with E-state index in [1.165, 1.54) is 18.2 Å². The minimum Gasteiger partial charge on any atom is -0.462 e. The summed E-state index contributed by atoms with van der Waals surface area (Å²) in [6.07, 6.45) is 1.65. The molecule has 1 aliphatic rings. The number of carbonyl (C=O) groups excluding carboxylic acids is 4. The summed E-state index contributed by atoms with van der Waals surface area (Å²) in [6, 6.07) is 15.9. The minimum atomic E-state index is -0.811. The van der Waals surface area contributed by atoms with Crippen molar-refractivity contribution >= 4 is 64.0 Å². The van der Waals surface area contributed by atoms with Gasteiger partial charge < -0.3 is 15.4 Å². The van der Waals surface area contributed by atoms with E-state index in [0.717, 1.165) is 29.9 Å². The molecule has 200 valence electrons. The first kappa shape index (κ1) is 27.8. The van der Waals surface area contributed by atoms with Gasteiger partial charge in [0, 0.05) is 16.9 Å². The first-order valence-electron chi connectivity index (χ1n) is 11.9. The number of esters is 1. The van der Waals surface area contributed by atoms with E-state index >= 15 is 0 Å². The zero-order valence-electron chi connectivity index (χ0n) is 20.6. The number of hydrogen-bond donors (Lipinski definition) is 2. The highest BCUT2D eigenvalue weighted by atomic mass is 35.5. The van der Waals surface area contributed by atoms with Crippen molar-refractivity contribution in [2.75, 3.05) is 22.1 Å². The molecule has 4 rings (SSSR count). The quantitative estimate of drug-likeness (QED) is 0.182. The SMILES string of the molecule is CCCCOC(=O)c1cccc(NC(=O)c2cccc(NC3=C(Cl)C(=O)N(c4ccc(F)c(Cl)c4)C3=O)c2)c1. The zero-order valence-corrected chi connectivity index (χ0v) is 22.1. The van der Waals surface area contributed by atoms with Gasteiger partial charge in [-0.3, -0.25) is 14.4 Å². The fourth-order valence-corrected chi connectivity index (χ4v) is 4.06. The van der Waals surface area contributed by atoms with Crippen molar-refractivity contribution in [3.8, 4) is 0 Å². The number of rotatable bonds is 9. The molecule has 0 saturated carbocycles. The van der Waals surface area contributed by atoms with E-state index < -0.39 is 29.5 Å². The highest BCUT2D eigenvalue weighted by molar-refractivity contribution is 6.53.